The summed E-state index contributed by atoms with van der Waals surface area (Å²) in [6, 6.07) is 0. The molecule has 0 aromatic carbocycles. The van der Waals surface area contributed by atoms with Crippen LogP contribution >= 0.6 is 0 Å². The molecule has 1 aliphatic carbocycles. The maximum absolute atomic E-state index is 13.3. The predicted molar refractivity (Wildman–Crippen MR) is 70.3 cm³/mol. The highest BCUT2D eigenvalue weighted by molar-refractivity contribution is 4.77. The molecule has 2 nitrogen and oxygen atoms in total. The summed E-state index contributed by atoms with van der Waals surface area (Å²) in [6.45, 7) is 3.69. The van der Waals surface area contributed by atoms with E-state index in [-0.39, 0.29) is 32.3 Å². The Morgan fingerprint density at radius 1 is 1.00 bits per heavy atom. The molecule has 0 radical (unpaired) electrons. The summed E-state index contributed by atoms with van der Waals surface area (Å²) >= 11 is 0. The van der Waals surface area contributed by atoms with E-state index in [9.17, 15) is 17.6 Å². The molecule has 1 aliphatic rings. The fraction of sp³-hybridized carbons (Fsp3) is 1.00. The molecule has 1 fully saturated rings. The van der Waals surface area contributed by atoms with Crippen LogP contribution in [0.5, 0.6) is 0 Å². The van der Waals surface area contributed by atoms with Crippen LogP contribution in [-0.2, 0) is 9.47 Å². The van der Waals surface area contributed by atoms with Crippen molar-refractivity contribution in [1.29, 1.82) is 0 Å². The molecule has 0 atom stereocenters. The standard InChI is InChI=1S/C10H17F3O.C4H9FO/c1-2-7-14-10(12,13)8-3-5-9(11)6-4-8;1-2-3-6-4-5/h8-9H,2-7H2,1H3;2-4H2,1H3. The maximum atomic E-state index is 13.3. The van der Waals surface area contributed by atoms with Crippen molar-refractivity contribution in [2.75, 3.05) is 20.1 Å². The Labute approximate surface area is 118 Å². The van der Waals surface area contributed by atoms with Gasteiger partial charge in [-0.15, -0.1) is 0 Å². The van der Waals surface area contributed by atoms with E-state index in [1.807, 2.05) is 6.92 Å². The highest BCUT2D eigenvalue weighted by Crippen LogP contribution is 2.38. The largest absolute Gasteiger partial charge is 0.358 e. The van der Waals surface area contributed by atoms with Gasteiger partial charge in [-0.25, -0.2) is 8.78 Å². The van der Waals surface area contributed by atoms with Crippen molar-refractivity contribution in [2.24, 2.45) is 5.92 Å². The number of hydrogen-bond acceptors (Lipinski definition) is 2. The summed E-state index contributed by atoms with van der Waals surface area (Å²) in [7, 11) is 0. The summed E-state index contributed by atoms with van der Waals surface area (Å²) in [6.07, 6.45) is -1.52. The average Bonchev–Trinajstić information content (AvgIpc) is 2.44. The lowest BCUT2D eigenvalue weighted by molar-refractivity contribution is -0.277. The summed E-state index contributed by atoms with van der Waals surface area (Å²) in [4.78, 5) is 0. The second-order valence-corrected chi connectivity index (χ2v) is 4.88. The number of rotatable bonds is 7. The van der Waals surface area contributed by atoms with E-state index in [0.29, 0.717) is 13.0 Å². The second kappa shape index (κ2) is 11.3. The molecule has 0 spiro atoms. The van der Waals surface area contributed by atoms with Gasteiger partial charge in [0.25, 0.3) is 0 Å². The first-order valence-electron chi connectivity index (χ1n) is 7.27. The molecule has 0 amide bonds. The summed E-state index contributed by atoms with van der Waals surface area (Å²) in [5.74, 6) is -0.791. The Morgan fingerprint density at radius 3 is 1.95 bits per heavy atom. The molecule has 0 N–H and O–H groups in total. The number of halogens is 4. The Kier molecular flexibility index (Phi) is 11.1. The number of ether oxygens (including phenoxy) is 2. The first-order valence-corrected chi connectivity index (χ1v) is 7.27. The van der Waals surface area contributed by atoms with Crippen LogP contribution in [0.4, 0.5) is 17.6 Å². The topological polar surface area (TPSA) is 18.5 Å². The van der Waals surface area contributed by atoms with Gasteiger partial charge >= 0.3 is 6.11 Å². The fourth-order valence-electron chi connectivity index (χ4n) is 1.94. The minimum atomic E-state index is -3.06. The van der Waals surface area contributed by atoms with Gasteiger partial charge in [0.2, 0.25) is 0 Å². The molecule has 0 aromatic heterocycles. The molecular formula is C14H26F4O2. The van der Waals surface area contributed by atoms with Crippen LogP contribution in [0, 0.1) is 5.92 Å². The maximum Gasteiger partial charge on any atom is 0.358 e. The van der Waals surface area contributed by atoms with Crippen molar-refractivity contribution in [3.05, 3.63) is 0 Å². The molecule has 122 valence electrons. The number of hydrogen-bond donors (Lipinski definition) is 0. The lowest BCUT2D eigenvalue weighted by Gasteiger charge is -2.30. The Balaban J connectivity index is 0.000000511. The van der Waals surface area contributed by atoms with Gasteiger partial charge in [0, 0.05) is 6.61 Å². The highest BCUT2D eigenvalue weighted by atomic mass is 19.3. The van der Waals surface area contributed by atoms with Crippen LogP contribution in [0.1, 0.15) is 52.4 Å². The SMILES string of the molecule is CCCOC(F)(F)C1CCC(F)CC1.CCCOCF. The normalized spacial score (nSPS) is 23.1. The van der Waals surface area contributed by atoms with Crippen LogP contribution in [0.2, 0.25) is 0 Å². The van der Waals surface area contributed by atoms with Gasteiger partial charge in [-0.3, -0.25) is 0 Å². The lowest BCUT2D eigenvalue weighted by Crippen LogP contribution is -2.35. The molecule has 0 aliphatic heterocycles. The molecule has 1 saturated carbocycles. The number of alkyl halides is 4. The molecule has 1 rings (SSSR count). The summed E-state index contributed by atoms with van der Waals surface area (Å²) in [5.41, 5.74) is 0. The fourth-order valence-corrected chi connectivity index (χ4v) is 1.94. The Bertz CT molecular complexity index is 215. The smallest absolute Gasteiger partial charge is 0.351 e. The molecule has 6 heteroatoms. The molecule has 0 bridgehead atoms. The third-order valence-corrected chi connectivity index (χ3v) is 3.06. The third-order valence-electron chi connectivity index (χ3n) is 3.06. The van der Waals surface area contributed by atoms with E-state index in [0.717, 1.165) is 6.42 Å². The second-order valence-electron chi connectivity index (χ2n) is 4.88. The highest BCUT2D eigenvalue weighted by Gasteiger charge is 2.42. The van der Waals surface area contributed by atoms with Crippen LogP contribution in [0.25, 0.3) is 0 Å². The van der Waals surface area contributed by atoms with Gasteiger partial charge in [0.1, 0.15) is 6.17 Å². The zero-order valence-corrected chi connectivity index (χ0v) is 12.3. The van der Waals surface area contributed by atoms with Crippen LogP contribution in [0.3, 0.4) is 0 Å². The average molecular weight is 302 g/mol. The van der Waals surface area contributed by atoms with E-state index in [4.69, 9.17) is 0 Å². The Morgan fingerprint density at radius 2 is 1.55 bits per heavy atom. The first-order chi connectivity index (χ1) is 9.47. The van der Waals surface area contributed by atoms with E-state index in [1.54, 1.807) is 6.92 Å². The monoisotopic (exact) mass is 302 g/mol. The minimum Gasteiger partial charge on any atom is -0.351 e. The summed E-state index contributed by atoms with van der Waals surface area (Å²) < 4.78 is 59.0. The van der Waals surface area contributed by atoms with Crippen molar-refractivity contribution >= 4 is 0 Å². The summed E-state index contributed by atoms with van der Waals surface area (Å²) in [5, 5.41) is 0. The van der Waals surface area contributed by atoms with Gasteiger partial charge in [0.15, 0.2) is 6.86 Å². The lowest BCUT2D eigenvalue weighted by atomic mass is 9.87. The van der Waals surface area contributed by atoms with Crippen molar-refractivity contribution in [3.63, 3.8) is 0 Å². The first kappa shape index (κ1) is 19.6. The molecular weight excluding hydrogens is 276 g/mol. The van der Waals surface area contributed by atoms with Crippen molar-refractivity contribution in [2.45, 2.75) is 64.7 Å². The Hall–Kier alpha value is -0.360. The molecule has 20 heavy (non-hydrogen) atoms. The quantitative estimate of drug-likeness (QED) is 0.493. The van der Waals surface area contributed by atoms with E-state index >= 15 is 0 Å². The van der Waals surface area contributed by atoms with Crippen LogP contribution in [-0.4, -0.2) is 32.4 Å². The van der Waals surface area contributed by atoms with Gasteiger partial charge in [-0.1, -0.05) is 13.8 Å². The van der Waals surface area contributed by atoms with Crippen LogP contribution < -0.4 is 0 Å². The van der Waals surface area contributed by atoms with Crippen molar-refractivity contribution in [1.82, 2.24) is 0 Å². The molecule has 0 unspecified atom stereocenters. The zero-order valence-electron chi connectivity index (χ0n) is 12.3. The van der Waals surface area contributed by atoms with Gasteiger partial charge < -0.3 is 9.47 Å². The van der Waals surface area contributed by atoms with Gasteiger partial charge in [-0.2, -0.15) is 8.78 Å². The van der Waals surface area contributed by atoms with E-state index in [1.165, 1.54) is 0 Å². The van der Waals surface area contributed by atoms with Crippen LogP contribution in [0.15, 0.2) is 0 Å². The molecule has 0 heterocycles. The minimum absolute atomic E-state index is 0.0720. The molecule has 0 saturated heterocycles. The van der Waals surface area contributed by atoms with Gasteiger partial charge in [-0.05, 0) is 38.5 Å². The van der Waals surface area contributed by atoms with E-state index < -0.39 is 25.1 Å². The predicted octanol–water partition coefficient (Wildman–Crippen LogP) is 4.87. The molecule has 0 aromatic rings. The van der Waals surface area contributed by atoms with Crippen molar-refractivity contribution < 1.29 is 27.0 Å². The zero-order chi connectivity index (χ0) is 15.4. The van der Waals surface area contributed by atoms with E-state index in [2.05, 4.69) is 9.47 Å². The van der Waals surface area contributed by atoms with Crippen molar-refractivity contribution in [3.8, 4) is 0 Å². The van der Waals surface area contributed by atoms with Gasteiger partial charge in [0.05, 0.1) is 12.5 Å². The third kappa shape index (κ3) is 8.74.